The van der Waals surface area contributed by atoms with Crippen molar-refractivity contribution in [3.05, 3.63) is 0 Å². The summed E-state index contributed by atoms with van der Waals surface area (Å²) in [5, 5.41) is 9.89. The zero-order chi connectivity index (χ0) is 14.3. The van der Waals surface area contributed by atoms with Crippen LogP contribution in [0.2, 0.25) is 0 Å². The van der Waals surface area contributed by atoms with Gasteiger partial charge in [0.15, 0.2) is 0 Å². The highest BCUT2D eigenvalue weighted by Crippen LogP contribution is 2.55. The maximum atomic E-state index is 12.0. The first-order valence-electron chi connectivity index (χ1n) is 7.76. The van der Waals surface area contributed by atoms with Gasteiger partial charge in [-0.3, -0.25) is 4.79 Å². The molecule has 0 aromatic rings. The fourth-order valence-corrected chi connectivity index (χ4v) is 4.21. The zero-order valence-corrected chi connectivity index (χ0v) is 12.7. The summed E-state index contributed by atoms with van der Waals surface area (Å²) < 4.78 is 5.72. The Bertz CT molecular complexity index is 350. The van der Waals surface area contributed by atoms with Crippen molar-refractivity contribution in [2.45, 2.75) is 78.4 Å². The van der Waals surface area contributed by atoms with Crippen molar-refractivity contribution >= 4 is 5.97 Å². The lowest BCUT2D eigenvalue weighted by Crippen LogP contribution is -2.46. The minimum atomic E-state index is -0.654. The van der Waals surface area contributed by atoms with Crippen LogP contribution >= 0.6 is 0 Å². The lowest BCUT2D eigenvalue weighted by atomic mass is 9.59. The summed E-state index contributed by atoms with van der Waals surface area (Å²) in [5.74, 6) is -0.376. The molecule has 0 aromatic heterocycles. The van der Waals surface area contributed by atoms with E-state index in [-0.39, 0.29) is 23.5 Å². The Labute approximate surface area is 116 Å². The molecule has 4 atom stereocenters. The number of ether oxygens (including phenoxy) is 1. The average Bonchev–Trinajstić information content (AvgIpc) is 3.09. The molecule has 1 N–H and O–H groups in total. The van der Waals surface area contributed by atoms with E-state index in [1.54, 1.807) is 0 Å². The van der Waals surface area contributed by atoms with Gasteiger partial charge in [0.1, 0.15) is 6.10 Å². The van der Waals surface area contributed by atoms with E-state index < -0.39 is 11.4 Å². The van der Waals surface area contributed by atoms with Gasteiger partial charge in [0, 0.05) is 0 Å². The first kappa shape index (κ1) is 14.8. The number of epoxide rings is 1. The molecule has 1 saturated carbocycles. The number of rotatable bonds is 5. The van der Waals surface area contributed by atoms with E-state index in [0.29, 0.717) is 6.42 Å². The van der Waals surface area contributed by atoms with Gasteiger partial charge in [-0.2, -0.15) is 0 Å². The Morgan fingerprint density at radius 1 is 1.42 bits per heavy atom. The molecule has 2 fully saturated rings. The third kappa shape index (κ3) is 2.54. The summed E-state index contributed by atoms with van der Waals surface area (Å²) >= 11 is 0. The second-order valence-corrected chi connectivity index (χ2v) is 7.16. The number of carboxylic acid groups (broad SMARTS) is 1. The fraction of sp³-hybridized carbons (Fsp3) is 0.938. The van der Waals surface area contributed by atoms with Crippen LogP contribution in [0.5, 0.6) is 0 Å². The number of carboxylic acids is 1. The van der Waals surface area contributed by atoms with Gasteiger partial charge in [0.2, 0.25) is 0 Å². The largest absolute Gasteiger partial charge is 0.481 e. The molecular weight excluding hydrogens is 240 g/mol. The molecule has 0 amide bonds. The molecule has 0 radical (unpaired) electrons. The molecule has 0 bridgehead atoms. The number of carbonyl (C=O) groups is 1. The van der Waals surface area contributed by atoms with E-state index in [1.165, 1.54) is 6.42 Å². The van der Waals surface area contributed by atoms with E-state index in [9.17, 15) is 9.90 Å². The van der Waals surface area contributed by atoms with Crippen molar-refractivity contribution in [1.82, 2.24) is 0 Å². The second-order valence-electron chi connectivity index (χ2n) is 7.16. The van der Waals surface area contributed by atoms with Crippen molar-refractivity contribution in [3.63, 3.8) is 0 Å². The van der Waals surface area contributed by atoms with E-state index >= 15 is 0 Å². The van der Waals surface area contributed by atoms with E-state index in [4.69, 9.17) is 4.74 Å². The fourth-order valence-electron chi connectivity index (χ4n) is 4.21. The number of hydrogen-bond acceptors (Lipinski definition) is 2. The van der Waals surface area contributed by atoms with Crippen LogP contribution < -0.4 is 0 Å². The molecule has 2 aliphatic rings. The molecule has 0 aromatic carbocycles. The Morgan fingerprint density at radius 3 is 2.53 bits per heavy atom. The van der Waals surface area contributed by atoms with Crippen LogP contribution in [0.1, 0.15) is 66.2 Å². The minimum absolute atomic E-state index is 0.0566. The molecule has 3 nitrogen and oxygen atoms in total. The van der Waals surface area contributed by atoms with Crippen LogP contribution in [0.4, 0.5) is 0 Å². The third-order valence-corrected chi connectivity index (χ3v) is 5.41. The SMILES string of the molecule is CCC1OC1C(CC)(C(=O)O)C1CCCC(C)(C)C1. The number of aliphatic carboxylic acids is 1. The van der Waals surface area contributed by atoms with Crippen molar-refractivity contribution in [2.75, 3.05) is 0 Å². The third-order valence-electron chi connectivity index (χ3n) is 5.41. The lowest BCUT2D eigenvalue weighted by molar-refractivity contribution is -0.157. The Kier molecular flexibility index (Phi) is 3.97. The molecule has 110 valence electrons. The maximum Gasteiger partial charge on any atom is 0.312 e. The van der Waals surface area contributed by atoms with Crippen LogP contribution in [-0.2, 0) is 9.53 Å². The second kappa shape index (κ2) is 5.08. The molecule has 1 saturated heterocycles. The van der Waals surface area contributed by atoms with Crippen molar-refractivity contribution in [3.8, 4) is 0 Å². The van der Waals surface area contributed by atoms with Crippen LogP contribution in [-0.4, -0.2) is 23.3 Å². The maximum absolute atomic E-state index is 12.0. The highest BCUT2D eigenvalue weighted by atomic mass is 16.6. The van der Waals surface area contributed by atoms with Gasteiger partial charge < -0.3 is 9.84 Å². The predicted octanol–water partition coefficient (Wildman–Crippen LogP) is 3.86. The molecular formula is C16H28O3. The Balaban J connectivity index is 2.25. The molecule has 0 spiro atoms. The molecule has 1 heterocycles. The summed E-state index contributed by atoms with van der Waals surface area (Å²) in [6, 6.07) is 0. The number of hydrogen-bond donors (Lipinski definition) is 1. The van der Waals surface area contributed by atoms with E-state index in [1.807, 2.05) is 6.92 Å². The summed E-state index contributed by atoms with van der Waals surface area (Å²) in [6.07, 6.45) is 6.14. The predicted molar refractivity (Wildman–Crippen MR) is 75.1 cm³/mol. The summed E-state index contributed by atoms with van der Waals surface area (Å²) in [7, 11) is 0. The van der Waals surface area contributed by atoms with Crippen LogP contribution in [0.15, 0.2) is 0 Å². The first-order valence-corrected chi connectivity index (χ1v) is 7.76. The van der Waals surface area contributed by atoms with E-state index in [2.05, 4.69) is 20.8 Å². The van der Waals surface area contributed by atoms with Gasteiger partial charge in [-0.25, -0.2) is 0 Å². The summed E-state index contributed by atoms with van der Waals surface area (Å²) in [6.45, 7) is 8.64. The van der Waals surface area contributed by atoms with Crippen LogP contribution in [0.3, 0.4) is 0 Å². The van der Waals surface area contributed by atoms with Crippen LogP contribution in [0, 0.1) is 16.7 Å². The zero-order valence-electron chi connectivity index (χ0n) is 12.7. The van der Waals surface area contributed by atoms with Gasteiger partial charge in [-0.1, -0.05) is 34.1 Å². The van der Waals surface area contributed by atoms with Crippen molar-refractivity contribution in [1.29, 1.82) is 0 Å². The smallest absolute Gasteiger partial charge is 0.312 e. The van der Waals surface area contributed by atoms with Crippen molar-refractivity contribution < 1.29 is 14.6 Å². The normalized spacial score (nSPS) is 36.5. The lowest BCUT2D eigenvalue weighted by Gasteiger charge is -2.43. The first-order chi connectivity index (χ1) is 8.87. The standard InChI is InChI=1S/C16H28O3/c1-5-12-13(19-12)16(6-2,14(17)18)11-8-7-9-15(3,4)10-11/h11-13H,5-10H2,1-4H3,(H,17,18). The summed E-state index contributed by atoms with van der Waals surface area (Å²) in [5.41, 5.74) is -0.381. The van der Waals surface area contributed by atoms with Crippen molar-refractivity contribution in [2.24, 2.45) is 16.7 Å². The topological polar surface area (TPSA) is 49.8 Å². The highest BCUT2D eigenvalue weighted by molar-refractivity contribution is 5.76. The monoisotopic (exact) mass is 268 g/mol. The molecule has 1 aliphatic heterocycles. The molecule has 4 unspecified atom stereocenters. The Morgan fingerprint density at radius 2 is 2.11 bits per heavy atom. The van der Waals surface area contributed by atoms with Gasteiger partial charge in [0.05, 0.1) is 11.5 Å². The van der Waals surface area contributed by atoms with E-state index in [0.717, 1.165) is 25.7 Å². The van der Waals surface area contributed by atoms with Gasteiger partial charge >= 0.3 is 5.97 Å². The summed E-state index contributed by atoms with van der Waals surface area (Å²) in [4.78, 5) is 12.0. The van der Waals surface area contributed by atoms with Gasteiger partial charge in [-0.05, 0) is 43.4 Å². The highest BCUT2D eigenvalue weighted by Gasteiger charge is 2.61. The molecule has 19 heavy (non-hydrogen) atoms. The quantitative estimate of drug-likeness (QED) is 0.770. The van der Waals surface area contributed by atoms with Gasteiger partial charge in [0.25, 0.3) is 0 Å². The van der Waals surface area contributed by atoms with Gasteiger partial charge in [-0.15, -0.1) is 0 Å². The Hall–Kier alpha value is -0.570. The molecule has 3 heteroatoms. The minimum Gasteiger partial charge on any atom is -0.481 e. The van der Waals surface area contributed by atoms with Crippen LogP contribution in [0.25, 0.3) is 0 Å². The molecule has 2 rings (SSSR count). The molecule has 1 aliphatic carbocycles. The average molecular weight is 268 g/mol.